The molecule has 37 heavy (non-hydrogen) atoms. The Hall–Kier alpha value is -3.43. The Morgan fingerprint density at radius 1 is 1.14 bits per heavy atom. The van der Waals surface area contributed by atoms with Gasteiger partial charge in [-0.1, -0.05) is 36.4 Å². The lowest BCUT2D eigenvalue weighted by atomic mass is 9.97. The fourth-order valence-corrected chi connectivity index (χ4v) is 6.61. The molecule has 1 aliphatic carbocycles. The number of rotatable bonds is 7. The lowest BCUT2D eigenvalue weighted by Crippen LogP contribution is -2.25. The molecular weight excluding hydrogens is 504 g/mol. The topological polar surface area (TPSA) is 96.6 Å². The molecule has 4 aromatic rings. The number of carbonyl (C=O) groups excluding carboxylic acids is 1. The molecule has 1 amide bonds. The monoisotopic (exact) mass is 532 g/mol. The number of fused-ring (bicyclic) bond motifs is 3. The lowest BCUT2D eigenvalue weighted by molar-refractivity contribution is -0.118. The number of aromatic hydroxyl groups is 1. The van der Waals surface area contributed by atoms with Gasteiger partial charge in [0, 0.05) is 4.88 Å². The van der Waals surface area contributed by atoms with Crippen LogP contribution in [-0.2, 0) is 17.6 Å². The maximum atomic E-state index is 13.8. The van der Waals surface area contributed by atoms with Crippen molar-refractivity contribution >= 4 is 44.9 Å². The van der Waals surface area contributed by atoms with Crippen LogP contribution in [0.4, 0.5) is 0 Å². The summed E-state index contributed by atoms with van der Waals surface area (Å²) in [6.07, 6.45) is 4.74. The molecular formula is C28H28N4O3S2. The van der Waals surface area contributed by atoms with Gasteiger partial charge in [0.05, 0.1) is 22.5 Å². The van der Waals surface area contributed by atoms with Gasteiger partial charge in [-0.15, -0.1) is 11.3 Å². The first-order valence-corrected chi connectivity index (χ1v) is 14.2. The Kier molecular flexibility index (Phi) is 7.43. The van der Waals surface area contributed by atoms with Crippen LogP contribution in [0.25, 0.3) is 15.9 Å². The average Bonchev–Trinajstić information content (AvgIpc) is 3.28. The predicted octanol–water partition coefficient (Wildman–Crippen LogP) is 5.36. The molecule has 0 aliphatic heterocycles. The third-order valence-electron chi connectivity index (χ3n) is 6.43. The summed E-state index contributed by atoms with van der Waals surface area (Å²) >= 11 is 2.84. The Morgan fingerprint density at radius 2 is 1.86 bits per heavy atom. The molecule has 2 N–H and O–H groups in total. The first kappa shape index (κ1) is 25.2. The van der Waals surface area contributed by atoms with E-state index in [0.29, 0.717) is 17.3 Å². The van der Waals surface area contributed by atoms with Gasteiger partial charge < -0.3 is 5.11 Å². The molecule has 0 fully saturated rings. The number of hydrazone groups is 1. The number of carbonyl (C=O) groups is 1. The van der Waals surface area contributed by atoms with E-state index in [2.05, 4.69) is 10.5 Å². The molecule has 0 spiro atoms. The molecule has 1 aliphatic rings. The Labute approximate surface area is 223 Å². The second-order valence-corrected chi connectivity index (χ2v) is 11.1. The van der Waals surface area contributed by atoms with Gasteiger partial charge in [0.15, 0.2) is 5.16 Å². The van der Waals surface area contributed by atoms with Crippen LogP contribution in [0.15, 0.2) is 63.6 Å². The number of hydrogen-bond acceptors (Lipinski definition) is 7. The number of phenols is 1. The van der Waals surface area contributed by atoms with E-state index >= 15 is 0 Å². The Balaban J connectivity index is 1.44. The van der Waals surface area contributed by atoms with Crippen molar-refractivity contribution in [2.24, 2.45) is 5.10 Å². The smallest absolute Gasteiger partial charge is 0.267 e. The fraction of sp³-hybridized carbons (Fsp3) is 0.286. The van der Waals surface area contributed by atoms with Crippen LogP contribution in [0, 0.1) is 6.92 Å². The largest absolute Gasteiger partial charge is 0.508 e. The van der Waals surface area contributed by atoms with Gasteiger partial charge in [0.2, 0.25) is 0 Å². The molecule has 9 heteroatoms. The molecule has 0 saturated carbocycles. The van der Waals surface area contributed by atoms with Gasteiger partial charge >= 0.3 is 0 Å². The molecule has 2 aromatic carbocycles. The highest BCUT2D eigenvalue weighted by molar-refractivity contribution is 7.99. The average molecular weight is 533 g/mol. The van der Waals surface area contributed by atoms with E-state index in [0.717, 1.165) is 58.3 Å². The zero-order chi connectivity index (χ0) is 25.9. The van der Waals surface area contributed by atoms with Crippen molar-refractivity contribution in [2.45, 2.75) is 51.1 Å². The van der Waals surface area contributed by atoms with Crippen LogP contribution < -0.4 is 11.0 Å². The van der Waals surface area contributed by atoms with Gasteiger partial charge in [-0.05, 0) is 86.6 Å². The van der Waals surface area contributed by atoms with E-state index in [-0.39, 0.29) is 23.0 Å². The van der Waals surface area contributed by atoms with Crippen molar-refractivity contribution in [3.63, 3.8) is 0 Å². The van der Waals surface area contributed by atoms with E-state index in [9.17, 15) is 14.7 Å². The molecule has 5 rings (SSSR count). The molecule has 0 atom stereocenters. The highest BCUT2D eigenvalue weighted by atomic mass is 32.2. The first-order chi connectivity index (χ1) is 17.9. The second-order valence-electron chi connectivity index (χ2n) is 9.04. The van der Waals surface area contributed by atoms with E-state index < -0.39 is 0 Å². The maximum absolute atomic E-state index is 13.8. The summed E-state index contributed by atoms with van der Waals surface area (Å²) in [5.74, 6) is -0.0503. The third kappa shape index (κ3) is 5.33. The summed E-state index contributed by atoms with van der Waals surface area (Å²) < 4.78 is 1.64. The van der Waals surface area contributed by atoms with E-state index in [4.69, 9.17) is 4.98 Å². The number of amides is 1. The third-order valence-corrected chi connectivity index (χ3v) is 8.56. The summed E-state index contributed by atoms with van der Waals surface area (Å²) in [5.41, 5.74) is 7.08. The zero-order valence-electron chi connectivity index (χ0n) is 20.8. The number of benzene rings is 2. The molecule has 2 aromatic heterocycles. The van der Waals surface area contributed by atoms with Crippen LogP contribution in [0.2, 0.25) is 0 Å². The van der Waals surface area contributed by atoms with Crippen LogP contribution in [-0.4, -0.2) is 32.0 Å². The first-order valence-electron chi connectivity index (χ1n) is 12.4. The zero-order valence-corrected chi connectivity index (χ0v) is 22.4. The van der Waals surface area contributed by atoms with Crippen molar-refractivity contribution in [1.29, 1.82) is 0 Å². The summed E-state index contributed by atoms with van der Waals surface area (Å²) in [6.45, 7) is 3.96. The molecule has 0 radical (unpaired) electrons. The fourth-order valence-electron chi connectivity index (χ4n) is 4.50. The van der Waals surface area contributed by atoms with E-state index in [1.165, 1.54) is 16.6 Å². The van der Waals surface area contributed by atoms with Gasteiger partial charge in [-0.25, -0.2) is 10.4 Å². The summed E-state index contributed by atoms with van der Waals surface area (Å²) in [7, 11) is 0. The number of thioether (sulfide) groups is 1. The van der Waals surface area contributed by atoms with Crippen molar-refractivity contribution in [3.8, 4) is 11.4 Å². The Morgan fingerprint density at radius 3 is 2.59 bits per heavy atom. The van der Waals surface area contributed by atoms with Crippen LogP contribution in [0.3, 0.4) is 0 Å². The number of phenolic OH excluding ortho intramolecular Hbond substituents is 1. The molecule has 7 nitrogen and oxygen atoms in total. The normalized spacial score (nSPS) is 13.5. The quantitative estimate of drug-likeness (QED) is 0.145. The molecule has 0 bridgehead atoms. The van der Waals surface area contributed by atoms with Crippen molar-refractivity contribution in [2.75, 3.05) is 5.75 Å². The number of thiophene rings is 1. The van der Waals surface area contributed by atoms with Gasteiger partial charge in [-0.3, -0.25) is 14.2 Å². The number of nitrogens with zero attached hydrogens (tertiary/aromatic N) is 3. The highest BCUT2D eigenvalue weighted by Gasteiger charge is 2.23. The maximum Gasteiger partial charge on any atom is 0.267 e. The van der Waals surface area contributed by atoms with Gasteiger partial charge in [-0.2, -0.15) is 5.10 Å². The number of nitrogens with one attached hydrogen (secondary N) is 1. The van der Waals surface area contributed by atoms with Crippen molar-refractivity contribution < 1.29 is 9.90 Å². The van der Waals surface area contributed by atoms with Gasteiger partial charge in [0.1, 0.15) is 10.6 Å². The molecule has 0 unspecified atom stereocenters. The van der Waals surface area contributed by atoms with Gasteiger partial charge in [0.25, 0.3) is 11.5 Å². The van der Waals surface area contributed by atoms with Crippen LogP contribution in [0.1, 0.15) is 47.8 Å². The highest BCUT2D eigenvalue weighted by Crippen LogP contribution is 2.35. The lowest BCUT2D eigenvalue weighted by Gasteiger charge is -2.13. The minimum absolute atomic E-state index is 0.0605. The predicted molar refractivity (Wildman–Crippen MR) is 150 cm³/mol. The summed E-state index contributed by atoms with van der Waals surface area (Å²) in [4.78, 5) is 33.5. The Bertz CT molecular complexity index is 1540. The number of aromatic nitrogens is 2. The standard InChI is InChI=1S/C28H28N4O3S2/c1-3-22(18-10-14-20(33)15-11-18)30-31-24(34)16-36-28-29-26-25(21-6-4-5-7-23(21)37-26)27(35)32(28)19-12-8-17(2)9-13-19/h8-15,33H,3-7,16H2,1-2H3,(H,31,34). The van der Waals surface area contributed by atoms with E-state index in [1.54, 1.807) is 40.2 Å². The second kappa shape index (κ2) is 10.9. The number of hydrogen-bond donors (Lipinski definition) is 2. The minimum atomic E-state index is -0.287. The molecule has 0 saturated heterocycles. The van der Waals surface area contributed by atoms with Crippen LogP contribution in [0.5, 0.6) is 5.75 Å². The summed E-state index contributed by atoms with van der Waals surface area (Å²) in [5, 5.41) is 15.0. The number of aryl methyl sites for hydroxylation is 3. The SMILES string of the molecule is CCC(=NNC(=O)CSc1nc2sc3c(c2c(=O)n1-c1ccc(C)cc1)CCCC3)c1ccc(O)cc1. The summed E-state index contributed by atoms with van der Waals surface area (Å²) in [6, 6.07) is 14.5. The molecule has 190 valence electrons. The van der Waals surface area contributed by atoms with Crippen molar-refractivity contribution in [3.05, 3.63) is 80.5 Å². The van der Waals surface area contributed by atoms with E-state index in [1.807, 2.05) is 38.1 Å². The van der Waals surface area contributed by atoms with Crippen molar-refractivity contribution in [1.82, 2.24) is 15.0 Å². The molecule has 2 heterocycles. The minimum Gasteiger partial charge on any atom is -0.508 e. The van der Waals surface area contributed by atoms with Crippen LogP contribution >= 0.6 is 23.1 Å².